The van der Waals surface area contributed by atoms with Gasteiger partial charge in [0.25, 0.3) is 0 Å². The zero-order valence-corrected chi connectivity index (χ0v) is 17.6. The normalized spacial score (nSPS) is 15.1. The molecule has 27 heavy (non-hydrogen) atoms. The fourth-order valence-electron chi connectivity index (χ4n) is 3.35. The Morgan fingerprint density at radius 3 is 2.67 bits per heavy atom. The first-order valence-corrected chi connectivity index (χ1v) is 11.2. The lowest BCUT2D eigenvalue weighted by atomic mass is 9.95. The number of thiophene rings is 1. The second-order valence-electron chi connectivity index (χ2n) is 6.72. The molecular formula is C19H25N3O3S2. The van der Waals surface area contributed by atoms with E-state index in [1.165, 1.54) is 42.4 Å². The molecule has 1 amide bonds. The van der Waals surface area contributed by atoms with Gasteiger partial charge in [-0.25, -0.2) is 14.8 Å². The first-order chi connectivity index (χ1) is 13.0. The van der Waals surface area contributed by atoms with Crippen LogP contribution in [0.4, 0.5) is 0 Å². The number of ether oxygens (including phenoxy) is 1. The summed E-state index contributed by atoms with van der Waals surface area (Å²) in [5, 5.41) is 4.73. The molecular weight excluding hydrogens is 382 g/mol. The van der Waals surface area contributed by atoms with Gasteiger partial charge in [0.1, 0.15) is 20.6 Å². The number of hydrogen-bond donors (Lipinski definition) is 1. The van der Waals surface area contributed by atoms with Crippen molar-refractivity contribution in [2.75, 3.05) is 12.4 Å². The molecule has 3 rings (SSSR count). The number of thioether (sulfide) groups is 1. The van der Waals surface area contributed by atoms with Crippen LogP contribution in [0.3, 0.4) is 0 Å². The summed E-state index contributed by atoms with van der Waals surface area (Å²) in [5.74, 6) is 0.650. The van der Waals surface area contributed by atoms with Crippen molar-refractivity contribution in [2.45, 2.75) is 63.9 Å². The topological polar surface area (TPSA) is 81.2 Å². The van der Waals surface area contributed by atoms with E-state index in [-0.39, 0.29) is 11.9 Å². The zero-order valence-electron chi connectivity index (χ0n) is 16.0. The Morgan fingerprint density at radius 1 is 1.22 bits per heavy atom. The lowest BCUT2D eigenvalue weighted by Crippen LogP contribution is -2.37. The molecule has 2 aromatic heterocycles. The molecule has 1 aliphatic rings. The summed E-state index contributed by atoms with van der Waals surface area (Å²) in [5.41, 5.74) is 0.823. The number of carbonyl (C=O) groups excluding carboxylic acids is 2. The van der Waals surface area contributed by atoms with Gasteiger partial charge >= 0.3 is 5.97 Å². The van der Waals surface area contributed by atoms with Crippen LogP contribution < -0.4 is 5.32 Å². The third-order valence-corrected chi connectivity index (χ3v) is 6.78. The number of esters is 1. The Bertz CT molecular complexity index is 844. The average Bonchev–Trinajstić information content (AvgIpc) is 2.97. The van der Waals surface area contributed by atoms with Crippen molar-refractivity contribution in [3.8, 4) is 0 Å². The molecule has 0 bridgehead atoms. The molecule has 2 heterocycles. The van der Waals surface area contributed by atoms with Crippen LogP contribution in [-0.4, -0.2) is 40.2 Å². The zero-order chi connectivity index (χ0) is 19.4. The number of aryl methyl sites for hydroxylation is 2. The molecule has 1 N–H and O–H groups in total. The van der Waals surface area contributed by atoms with E-state index in [2.05, 4.69) is 15.3 Å². The lowest BCUT2D eigenvalue weighted by Gasteiger charge is -2.22. The van der Waals surface area contributed by atoms with E-state index in [0.29, 0.717) is 29.1 Å². The van der Waals surface area contributed by atoms with Crippen LogP contribution in [0.2, 0.25) is 0 Å². The number of nitrogens with one attached hydrogen (secondary N) is 1. The average molecular weight is 408 g/mol. The highest BCUT2D eigenvalue weighted by Gasteiger charge is 2.22. The van der Waals surface area contributed by atoms with Crippen LogP contribution in [0.5, 0.6) is 0 Å². The second kappa shape index (κ2) is 9.01. The Labute approximate surface area is 167 Å². The highest BCUT2D eigenvalue weighted by molar-refractivity contribution is 8.00. The number of hydrogen-bond acceptors (Lipinski definition) is 7. The summed E-state index contributed by atoms with van der Waals surface area (Å²) in [6.07, 6.45) is 5.78. The first-order valence-electron chi connectivity index (χ1n) is 9.36. The second-order valence-corrected chi connectivity index (χ2v) is 8.69. The largest absolute Gasteiger partial charge is 0.462 e. The Balaban J connectivity index is 1.77. The molecule has 1 fully saturated rings. The molecule has 1 aliphatic carbocycles. The minimum atomic E-state index is -0.332. The summed E-state index contributed by atoms with van der Waals surface area (Å²) in [6.45, 7) is 5.83. The van der Waals surface area contributed by atoms with E-state index in [1.54, 1.807) is 6.92 Å². The fourth-order valence-corrected chi connectivity index (χ4v) is 5.48. The molecule has 0 saturated heterocycles. The fraction of sp³-hybridized carbons (Fsp3) is 0.579. The third-order valence-electron chi connectivity index (χ3n) is 4.64. The molecule has 0 unspecified atom stereocenters. The van der Waals surface area contributed by atoms with Crippen molar-refractivity contribution in [3.63, 3.8) is 0 Å². The van der Waals surface area contributed by atoms with E-state index in [9.17, 15) is 9.59 Å². The van der Waals surface area contributed by atoms with Crippen molar-refractivity contribution < 1.29 is 14.3 Å². The molecule has 0 radical (unpaired) electrons. The highest BCUT2D eigenvalue weighted by Crippen LogP contribution is 2.36. The number of nitrogens with zero attached hydrogens (tertiary/aromatic N) is 2. The predicted octanol–water partition coefficient (Wildman–Crippen LogP) is 4.03. The Morgan fingerprint density at radius 2 is 1.96 bits per heavy atom. The SMILES string of the molecule is CCOC(=O)c1sc2nc(C)nc(SCC(=O)NC3CCCCC3)c2c1C. The maximum Gasteiger partial charge on any atom is 0.348 e. The van der Waals surface area contributed by atoms with Gasteiger partial charge in [0.15, 0.2) is 0 Å². The highest BCUT2D eigenvalue weighted by atomic mass is 32.2. The van der Waals surface area contributed by atoms with Crippen molar-refractivity contribution in [1.29, 1.82) is 0 Å². The van der Waals surface area contributed by atoms with Crippen molar-refractivity contribution >= 4 is 45.2 Å². The van der Waals surface area contributed by atoms with Crippen LogP contribution in [0.1, 0.15) is 60.1 Å². The molecule has 2 aromatic rings. The van der Waals surface area contributed by atoms with Gasteiger partial charge < -0.3 is 10.1 Å². The third kappa shape index (κ3) is 4.79. The van der Waals surface area contributed by atoms with E-state index in [0.717, 1.165) is 33.6 Å². The van der Waals surface area contributed by atoms with Gasteiger partial charge in [-0.15, -0.1) is 11.3 Å². The molecule has 0 aliphatic heterocycles. The number of amides is 1. The smallest absolute Gasteiger partial charge is 0.348 e. The van der Waals surface area contributed by atoms with Crippen LogP contribution in [0, 0.1) is 13.8 Å². The number of rotatable bonds is 6. The van der Waals surface area contributed by atoms with Crippen LogP contribution >= 0.6 is 23.1 Å². The van der Waals surface area contributed by atoms with Gasteiger partial charge in [0.2, 0.25) is 5.91 Å². The number of carbonyl (C=O) groups is 2. The first kappa shape index (κ1) is 20.1. The maximum absolute atomic E-state index is 12.3. The van der Waals surface area contributed by atoms with Gasteiger partial charge in [0.05, 0.1) is 12.4 Å². The molecule has 0 atom stereocenters. The van der Waals surface area contributed by atoms with Gasteiger partial charge in [-0.05, 0) is 39.2 Å². The molecule has 8 heteroatoms. The molecule has 0 spiro atoms. The van der Waals surface area contributed by atoms with E-state index in [1.807, 2.05) is 13.8 Å². The van der Waals surface area contributed by atoms with Gasteiger partial charge in [-0.2, -0.15) is 0 Å². The van der Waals surface area contributed by atoms with Gasteiger partial charge in [-0.1, -0.05) is 31.0 Å². The molecule has 0 aromatic carbocycles. The van der Waals surface area contributed by atoms with Crippen LogP contribution in [-0.2, 0) is 9.53 Å². The quantitative estimate of drug-likeness (QED) is 0.442. The molecule has 1 saturated carbocycles. The monoisotopic (exact) mass is 407 g/mol. The lowest BCUT2D eigenvalue weighted by molar-refractivity contribution is -0.119. The van der Waals surface area contributed by atoms with Crippen LogP contribution in [0.15, 0.2) is 5.03 Å². The minimum absolute atomic E-state index is 0.0369. The summed E-state index contributed by atoms with van der Waals surface area (Å²) in [7, 11) is 0. The van der Waals surface area contributed by atoms with Gasteiger partial charge in [-0.3, -0.25) is 4.79 Å². The summed E-state index contributed by atoms with van der Waals surface area (Å²) in [6, 6.07) is 0.303. The van der Waals surface area contributed by atoms with Crippen molar-refractivity contribution in [3.05, 3.63) is 16.3 Å². The van der Waals surface area contributed by atoms with E-state index in [4.69, 9.17) is 4.74 Å². The van der Waals surface area contributed by atoms with E-state index >= 15 is 0 Å². The Kier molecular flexibility index (Phi) is 6.70. The number of fused-ring (bicyclic) bond motifs is 1. The van der Waals surface area contributed by atoms with E-state index < -0.39 is 0 Å². The van der Waals surface area contributed by atoms with Crippen LogP contribution in [0.25, 0.3) is 10.2 Å². The summed E-state index contributed by atoms with van der Waals surface area (Å²) in [4.78, 5) is 34.8. The van der Waals surface area contributed by atoms with Crippen molar-refractivity contribution in [2.24, 2.45) is 0 Å². The van der Waals surface area contributed by atoms with Gasteiger partial charge in [0, 0.05) is 11.4 Å². The standard InChI is InChI=1S/C19H25N3O3S2/c1-4-25-19(24)16-11(2)15-17(20-12(3)21-18(15)27-16)26-10-14(23)22-13-8-6-5-7-9-13/h13H,4-10H2,1-3H3,(H,22,23). The Hall–Kier alpha value is -1.67. The maximum atomic E-state index is 12.3. The summed E-state index contributed by atoms with van der Waals surface area (Å²) < 4.78 is 5.14. The molecule has 6 nitrogen and oxygen atoms in total. The minimum Gasteiger partial charge on any atom is -0.462 e. The molecule has 146 valence electrons. The predicted molar refractivity (Wildman–Crippen MR) is 109 cm³/mol. The summed E-state index contributed by atoms with van der Waals surface area (Å²) >= 11 is 2.73. The number of aromatic nitrogens is 2. The van der Waals surface area contributed by atoms with Crippen molar-refractivity contribution in [1.82, 2.24) is 15.3 Å².